The van der Waals surface area contributed by atoms with E-state index in [9.17, 15) is 18.0 Å². The first-order valence-corrected chi connectivity index (χ1v) is 16.8. The topological polar surface area (TPSA) is 86.8 Å². The van der Waals surface area contributed by atoms with Gasteiger partial charge >= 0.3 is 0 Å². The van der Waals surface area contributed by atoms with E-state index in [4.69, 9.17) is 0 Å². The Labute approximate surface area is 269 Å². The number of sulfonamides is 1. The molecule has 0 aliphatic heterocycles. The third-order valence-corrected chi connectivity index (χ3v) is 9.70. The molecule has 2 atom stereocenters. The van der Waals surface area contributed by atoms with E-state index >= 15 is 0 Å². The molecule has 9 heteroatoms. The Balaban J connectivity index is 1.80. The zero-order chi connectivity index (χ0) is 31.7. The quantitative estimate of drug-likeness (QED) is 0.175. The highest BCUT2D eigenvalue weighted by molar-refractivity contribution is 9.10. The molecule has 0 unspecified atom stereocenters. The molecule has 0 aromatic heterocycles. The van der Waals surface area contributed by atoms with Crippen LogP contribution in [0.15, 0.2) is 119 Å². The van der Waals surface area contributed by atoms with Gasteiger partial charge in [-0.05, 0) is 61.7 Å². The molecule has 4 aromatic carbocycles. The van der Waals surface area contributed by atoms with Gasteiger partial charge in [0.15, 0.2) is 0 Å². The summed E-state index contributed by atoms with van der Waals surface area (Å²) < 4.78 is 29.9. The largest absolute Gasteiger partial charge is 0.352 e. The van der Waals surface area contributed by atoms with Crippen LogP contribution < -0.4 is 9.62 Å². The van der Waals surface area contributed by atoms with Gasteiger partial charge in [0.2, 0.25) is 11.8 Å². The van der Waals surface area contributed by atoms with Crippen LogP contribution in [0, 0.1) is 6.92 Å². The molecule has 44 heavy (non-hydrogen) atoms. The van der Waals surface area contributed by atoms with Crippen molar-refractivity contribution in [2.24, 2.45) is 0 Å². The minimum Gasteiger partial charge on any atom is -0.352 e. The molecule has 4 rings (SSSR count). The number of benzene rings is 4. The second-order valence-corrected chi connectivity index (χ2v) is 13.6. The number of carbonyl (C=O) groups is 2. The van der Waals surface area contributed by atoms with E-state index in [1.807, 2.05) is 75.4 Å². The van der Waals surface area contributed by atoms with Crippen molar-refractivity contribution in [2.45, 2.75) is 57.1 Å². The van der Waals surface area contributed by atoms with Crippen LogP contribution in [0.5, 0.6) is 0 Å². The van der Waals surface area contributed by atoms with E-state index in [1.165, 1.54) is 17.0 Å². The van der Waals surface area contributed by atoms with Gasteiger partial charge in [-0.15, -0.1) is 0 Å². The highest BCUT2D eigenvalue weighted by atomic mass is 79.9. The van der Waals surface area contributed by atoms with Crippen LogP contribution in [0.1, 0.15) is 37.0 Å². The van der Waals surface area contributed by atoms with Crippen LogP contribution in [0.4, 0.5) is 5.69 Å². The summed E-state index contributed by atoms with van der Waals surface area (Å²) in [6.45, 7) is 5.50. The van der Waals surface area contributed by atoms with E-state index in [1.54, 1.807) is 42.5 Å². The molecular weight excluding hydrogens is 638 g/mol. The van der Waals surface area contributed by atoms with Gasteiger partial charge < -0.3 is 10.2 Å². The van der Waals surface area contributed by atoms with E-state index in [0.29, 0.717) is 10.2 Å². The Bertz CT molecular complexity index is 1670. The van der Waals surface area contributed by atoms with Gasteiger partial charge in [0.1, 0.15) is 12.6 Å². The van der Waals surface area contributed by atoms with E-state index in [0.717, 1.165) is 27.4 Å². The van der Waals surface area contributed by atoms with Gasteiger partial charge in [-0.3, -0.25) is 13.9 Å². The van der Waals surface area contributed by atoms with Crippen molar-refractivity contribution in [3.8, 4) is 0 Å². The maximum absolute atomic E-state index is 14.5. The summed E-state index contributed by atoms with van der Waals surface area (Å²) in [5, 5.41) is 3.06. The van der Waals surface area contributed by atoms with E-state index in [2.05, 4.69) is 21.2 Å². The SMILES string of the molecule is CC[C@@H](C)NC(=O)[C@@H](Cc1ccccc1)N(Cc1cccc(C)c1)C(=O)CN(c1cccc(Br)c1)S(=O)(=O)c1ccccc1. The summed E-state index contributed by atoms with van der Waals surface area (Å²) in [6, 6.07) is 31.2. The minimum atomic E-state index is -4.14. The zero-order valence-electron chi connectivity index (χ0n) is 25.2. The summed E-state index contributed by atoms with van der Waals surface area (Å²) in [6.07, 6.45) is 0.991. The molecule has 2 amide bonds. The standard InChI is InChI=1S/C35H38BrN3O4S/c1-4-27(3)37-35(41)33(22-28-14-7-5-8-15-28)38(24-29-16-11-13-26(2)21-29)34(40)25-39(31-18-12-17-30(36)23-31)44(42,43)32-19-9-6-10-20-32/h5-21,23,27,33H,4,22,24-25H2,1-3H3,(H,37,41)/t27-,33-/m1/s1. The number of aryl methyl sites for hydroxylation is 1. The average molecular weight is 677 g/mol. The number of nitrogens with zero attached hydrogens (tertiary/aromatic N) is 2. The second-order valence-electron chi connectivity index (χ2n) is 10.8. The Kier molecular flexibility index (Phi) is 11.4. The lowest BCUT2D eigenvalue weighted by atomic mass is 10.0. The Hall–Kier alpha value is -3.95. The number of hydrogen-bond acceptors (Lipinski definition) is 4. The molecule has 4 aromatic rings. The van der Waals surface area contributed by atoms with Crippen LogP contribution in [0.3, 0.4) is 0 Å². The number of carbonyl (C=O) groups excluding carboxylic acids is 2. The number of rotatable bonds is 13. The smallest absolute Gasteiger partial charge is 0.264 e. The van der Waals surface area contributed by atoms with Crippen LogP contribution >= 0.6 is 15.9 Å². The first-order valence-electron chi connectivity index (χ1n) is 14.6. The van der Waals surface area contributed by atoms with Crippen molar-refractivity contribution >= 4 is 43.5 Å². The third kappa shape index (κ3) is 8.57. The van der Waals surface area contributed by atoms with Crippen molar-refractivity contribution < 1.29 is 18.0 Å². The molecule has 0 aliphatic carbocycles. The predicted octanol–water partition coefficient (Wildman–Crippen LogP) is 6.51. The highest BCUT2D eigenvalue weighted by Gasteiger charge is 2.35. The monoisotopic (exact) mass is 675 g/mol. The maximum atomic E-state index is 14.5. The second kappa shape index (κ2) is 15.2. The number of nitrogens with one attached hydrogen (secondary N) is 1. The van der Waals surface area contributed by atoms with Crippen LogP contribution in [-0.4, -0.2) is 43.8 Å². The molecule has 0 saturated carbocycles. The first kappa shape index (κ1) is 33.0. The molecule has 0 heterocycles. The first-order chi connectivity index (χ1) is 21.1. The lowest BCUT2D eigenvalue weighted by Gasteiger charge is -2.34. The number of halogens is 1. The van der Waals surface area contributed by atoms with Crippen molar-refractivity contribution in [3.05, 3.63) is 130 Å². The lowest BCUT2D eigenvalue weighted by molar-refractivity contribution is -0.140. The number of anilines is 1. The molecule has 230 valence electrons. The molecule has 0 saturated heterocycles. The van der Waals surface area contributed by atoms with Crippen molar-refractivity contribution in [2.75, 3.05) is 10.8 Å². The van der Waals surface area contributed by atoms with Gasteiger partial charge in [0.25, 0.3) is 10.0 Å². The predicted molar refractivity (Wildman–Crippen MR) is 179 cm³/mol. The fourth-order valence-corrected chi connectivity index (χ4v) is 6.70. The van der Waals surface area contributed by atoms with Crippen LogP contribution in [0.2, 0.25) is 0 Å². The van der Waals surface area contributed by atoms with Crippen molar-refractivity contribution in [1.29, 1.82) is 0 Å². The van der Waals surface area contributed by atoms with E-state index < -0.39 is 28.5 Å². The molecule has 0 radical (unpaired) electrons. The summed E-state index contributed by atoms with van der Waals surface area (Å²) in [4.78, 5) is 30.0. The Morgan fingerprint density at radius 3 is 2.11 bits per heavy atom. The molecular formula is C35H38BrN3O4S. The zero-order valence-corrected chi connectivity index (χ0v) is 27.6. The van der Waals surface area contributed by atoms with Gasteiger partial charge in [0.05, 0.1) is 10.6 Å². The number of hydrogen-bond donors (Lipinski definition) is 1. The van der Waals surface area contributed by atoms with Crippen LogP contribution in [0.25, 0.3) is 0 Å². The normalized spacial score (nSPS) is 12.6. The summed E-state index contributed by atoms with van der Waals surface area (Å²) in [5.41, 5.74) is 3.07. The molecule has 7 nitrogen and oxygen atoms in total. The molecule has 0 aliphatic rings. The average Bonchev–Trinajstić information content (AvgIpc) is 3.02. The van der Waals surface area contributed by atoms with Crippen LogP contribution in [-0.2, 0) is 32.6 Å². The molecule has 0 spiro atoms. The summed E-state index contributed by atoms with van der Waals surface area (Å²) >= 11 is 3.44. The van der Waals surface area contributed by atoms with Gasteiger partial charge in [-0.2, -0.15) is 0 Å². The van der Waals surface area contributed by atoms with Gasteiger partial charge in [-0.25, -0.2) is 8.42 Å². The highest BCUT2D eigenvalue weighted by Crippen LogP contribution is 2.27. The van der Waals surface area contributed by atoms with Crippen molar-refractivity contribution in [3.63, 3.8) is 0 Å². The lowest BCUT2D eigenvalue weighted by Crippen LogP contribution is -2.54. The Morgan fingerprint density at radius 2 is 1.48 bits per heavy atom. The Morgan fingerprint density at radius 1 is 0.841 bits per heavy atom. The maximum Gasteiger partial charge on any atom is 0.264 e. The molecule has 1 N–H and O–H groups in total. The van der Waals surface area contributed by atoms with Gasteiger partial charge in [0, 0.05) is 23.5 Å². The fraction of sp³-hybridized carbons (Fsp3) is 0.257. The minimum absolute atomic E-state index is 0.0633. The summed E-state index contributed by atoms with van der Waals surface area (Å²) in [5.74, 6) is -0.782. The third-order valence-electron chi connectivity index (χ3n) is 7.41. The van der Waals surface area contributed by atoms with Crippen molar-refractivity contribution in [1.82, 2.24) is 10.2 Å². The van der Waals surface area contributed by atoms with E-state index in [-0.39, 0.29) is 29.8 Å². The summed E-state index contributed by atoms with van der Waals surface area (Å²) in [7, 11) is -4.14. The fourth-order valence-electron chi connectivity index (χ4n) is 4.88. The molecule has 0 bridgehead atoms. The number of amides is 2. The molecule has 0 fully saturated rings. The van der Waals surface area contributed by atoms with Gasteiger partial charge in [-0.1, -0.05) is 107 Å².